The van der Waals surface area contributed by atoms with E-state index in [0.717, 1.165) is 5.56 Å². The fraction of sp³-hybridized carbons (Fsp3) is 0.235. The van der Waals surface area contributed by atoms with Gasteiger partial charge in [0.25, 0.3) is 10.2 Å². The molecule has 0 saturated carbocycles. The SMILES string of the molecule is CN(Cc1ccccc1)S(=O)(=O)N(C)Cc1nc2ccc(F)cc2[nH]1. The minimum absolute atomic E-state index is 0.0672. The zero-order valence-corrected chi connectivity index (χ0v) is 14.8. The molecule has 0 fully saturated rings. The van der Waals surface area contributed by atoms with Crippen molar-refractivity contribution in [3.8, 4) is 0 Å². The third-order valence-electron chi connectivity index (χ3n) is 3.90. The van der Waals surface area contributed by atoms with Gasteiger partial charge in [0.1, 0.15) is 11.6 Å². The molecule has 3 rings (SSSR count). The molecule has 3 aromatic rings. The standard InChI is InChI=1S/C17H19FN4O2S/c1-21(11-13-6-4-3-5-7-13)25(23,24)22(2)12-17-19-15-9-8-14(18)10-16(15)20-17/h3-10H,11-12H2,1-2H3,(H,19,20). The molecular formula is C17H19FN4O2S. The molecule has 0 aliphatic carbocycles. The summed E-state index contributed by atoms with van der Waals surface area (Å²) in [7, 11) is -0.623. The van der Waals surface area contributed by atoms with Crippen LogP contribution in [0.5, 0.6) is 0 Å². The van der Waals surface area contributed by atoms with Crippen molar-refractivity contribution in [3.63, 3.8) is 0 Å². The summed E-state index contributed by atoms with van der Waals surface area (Å²) in [4.78, 5) is 7.26. The van der Waals surface area contributed by atoms with Crippen molar-refractivity contribution in [2.45, 2.75) is 13.1 Å². The van der Waals surface area contributed by atoms with E-state index in [9.17, 15) is 12.8 Å². The zero-order chi connectivity index (χ0) is 18.0. The van der Waals surface area contributed by atoms with E-state index in [1.54, 1.807) is 6.07 Å². The number of H-pyrrole nitrogens is 1. The van der Waals surface area contributed by atoms with Gasteiger partial charge in [0.2, 0.25) is 0 Å². The van der Waals surface area contributed by atoms with E-state index in [1.165, 1.54) is 34.8 Å². The van der Waals surface area contributed by atoms with E-state index in [4.69, 9.17) is 0 Å². The van der Waals surface area contributed by atoms with Gasteiger partial charge in [-0.15, -0.1) is 0 Å². The maximum atomic E-state index is 13.2. The fourth-order valence-corrected chi connectivity index (χ4v) is 3.64. The minimum atomic E-state index is -3.65. The van der Waals surface area contributed by atoms with Crippen LogP contribution < -0.4 is 0 Å². The second kappa shape index (κ2) is 6.91. The van der Waals surface area contributed by atoms with Crippen molar-refractivity contribution in [2.75, 3.05) is 14.1 Å². The number of hydrogen-bond donors (Lipinski definition) is 1. The number of imidazole rings is 1. The Morgan fingerprint density at radius 3 is 2.44 bits per heavy atom. The maximum Gasteiger partial charge on any atom is 0.282 e. The molecule has 0 aliphatic heterocycles. The highest BCUT2D eigenvalue weighted by Gasteiger charge is 2.24. The van der Waals surface area contributed by atoms with Crippen LogP contribution in [0.4, 0.5) is 4.39 Å². The third kappa shape index (κ3) is 3.87. The Balaban J connectivity index is 1.74. The Labute approximate surface area is 146 Å². The summed E-state index contributed by atoms with van der Waals surface area (Å²) in [5.41, 5.74) is 2.04. The van der Waals surface area contributed by atoms with E-state index >= 15 is 0 Å². The highest BCUT2D eigenvalue weighted by atomic mass is 32.2. The topological polar surface area (TPSA) is 69.3 Å². The number of aromatic amines is 1. The summed E-state index contributed by atoms with van der Waals surface area (Å²) in [6.07, 6.45) is 0. The Bertz CT molecular complexity index is 973. The molecular weight excluding hydrogens is 343 g/mol. The van der Waals surface area contributed by atoms with Gasteiger partial charge in [-0.3, -0.25) is 0 Å². The van der Waals surface area contributed by atoms with Crippen LogP contribution in [0.2, 0.25) is 0 Å². The van der Waals surface area contributed by atoms with Crippen LogP contribution in [0.3, 0.4) is 0 Å². The molecule has 0 aliphatic rings. The van der Waals surface area contributed by atoms with Crippen LogP contribution >= 0.6 is 0 Å². The van der Waals surface area contributed by atoms with E-state index in [-0.39, 0.29) is 18.9 Å². The lowest BCUT2D eigenvalue weighted by atomic mass is 10.2. The summed E-state index contributed by atoms with van der Waals surface area (Å²) in [6.45, 7) is 0.344. The molecule has 0 amide bonds. The molecule has 8 heteroatoms. The molecule has 0 unspecified atom stereocenters. The van der Waals surface area contributed by atoms with Gasteiger partial charge in [-0.25, -0.2) is 9.37 Å². The molecule has 2 aromatic carbocycles. The van der Waals surface area contributed by atoms with Crippen LogP contribution in [0.25, 0.3) is 11.0 Å². The van der Waals surface area contributed by atoms with Gasteiger partial charge in [-0.2, -0.15) is 17.0 Å². The van der Waals surface area contributed by atoms with Crippen molar-refractivity contribution >= 4 is 21.2 Å². The third-order valence-corrected chi connectivity index (χ3v) is 5.73. The van der Waals surface area contributed by atoms with Crippen LogP contribution in [-0.4, -0.2) is 41.1 Å². The Morgan fingerprint density at radius 1 is 1.04 bits per heavy atom. The first kappa shape index (κ1) is 17.5. The molecule has 0 radical (unpaired) electrons. The molecule has 1 heterocycles. The van der Waals surface area contributed by atoms with E-state index in [0.29, 0.717) is 16.9 Å². The number of nitrogens with zero attached hydrogens (tertiary/aromatic N) is 3. The van der Waals surface area contributed by atoms with Gasteiger partial charge in [-0.05, 0) is 23.8 Å². The predicted molar refractivity (Wildman–Crippen MR) is 94.3 cm³/mol. The first-order valence-electron chi connectivity index (χ1n) is 7.72. The molecule has 132 valence electrons. The molecule has 0 bridgehead atoms. The van der Waals surface area contributed by atoms with Crippen molar-refractivity contribution < 1.29 is 12.8 Å². The van der Waals surface area contributed by atoms with Gasteiger partial charge in [0, 0.05) is 20.6 Å². The molecule has 0 atom stereocenters. The lowest BCUT2D eigenvalue weighted by Crippen LogP contribution is -2.39. The summed E-state index contributed by atoms with van der Waals surface area (Å²) in [5, 5.41) is 0. The molecule has 0 spiro atoms. The maximum absolute atomic E-state index is 13.2. The monoisotopic (exact) mass is 362 g/mol. The number of aromatic nitrogens is 2. The van der Waals surface area contributed by atoms with E-state index in [2.05, 4.69) is 9.97 Å². The van der Waals surface area contributed by atoms with Crippen molar-refractivity contribution in [1.29, 1.82) is 0 Å². The quantitative estimate of drug-likeness (QED) is 0.733. The van der Waals surface area contributed by atoms with Gasteiger partial charge < -0.3 is 4.98 Å². The molecule has 1 aromatic heterocycles. The highest BCUT2D eigenvalue weighted by Crippen LogP contribution is 2.16. The average Bonchev–Trinajstić information content (AvgIpc) is 2.96. The Hall–Kier alpha value is -2.29. The number of benzene rings is 2. The number of fused-ring (bicyclic) bond motifs is 1. The van der Waals surface area contributed by atoms with Crippen LogP contribution in [0, 0.1) is 5.82 Å². The largest absolute Gasteiger partial charge is 0.341 e. The smallest absolute Gasteiger partial charge is 0.282 e. The van der Waals surface area contributed by atoms with Crippen molar-refractivity contribution in [2.24, 2.45) is 0 Å². The molecule has 6 nitrogen and oxygen atoms in total. The van der Waals surface area contributed by atoms with Gasteiger partial charge in [-0.1, -0.05) is 30.3 Å². The number of hydrogen-bond acceptors (Lipinski definition) is 3. The summed E-state index contributed by atoms with van der Waals surface area (Å²) in [5.74, 6) is 0.0889. The van der Waals surface area contributed by atoms with Crippen LogP contribution in [-0.2, 0) is 23.3 Å². The first-order chi connectivity index (χ1) is 11.9. The normalized spacial score (nSPS) is 12.4. The lowest BCUT2D eigenvalue weighted by molar-refractivity contribution is 0.382. The summed E-state index contributed by atoms with van der Waals surface area (Å²) < 4.78 is 41.1. The fourth-order valence-electron chi connectivity index (χ4n) is 2.56. The van der Waals surface area contributed by atoms with Gasteiger partial charge in [0.15, 0.2) is 0 Å². The molecule has 0 saturated heterocycles. The summed E-state index contributed by atoms with van der Waals surface area (Å²) >= 11 is 0. The van der Waals surface area contributed by atoms with Crippen LogP contribution in [0.15, 0.2) is 48.5 Å². The Morgan fingerprint density at radius 2 is 1.72 bits per heavy atom. The van der Waals surface area contributed by atoms with Crippen LogP contribution in [0.1, 0.15) is 11.4 Å². The predicted octanol–water partition coefficient (Wildman–Crippen LogP) is 2.51. The second-order valence-corrected chi connectivity index (χ2v) is 7.99. The number of nitrogens with one attached hydrogen (secondary N) is 1. The second-order valence-electron chi connectivity index (χ2n) is 5.85. The molecule has 25 heavy (non-hydrogen) atoms. The molecule has 1 N–H and O–H groups in total. The van der Waals surface area contributed by atoms with Crippen molar-refractivity contribution in [3.05, 3.63) is 65.7 Å². The van der Waals surface area contributed by atoms with Gasteiger partial charge in [0.05, 0.1) is 17.6 Å². The summed E-state index contributed by atoms with van der Waals surface area (Å²) in [6, 6.07) is 13.6. The Kier molecular flexibility index (Phi) is 4.85. The zero-order valence-electron chi connectivity index (χ0n) is 14.0. The average molecular weight is 362 g/mol. The first-order valence-corrected chi connectivity index (χ1v) is 9.11. The lowest BCUT2D eigenvalue weighted by Gasteiger charge is -2.23. The van der Waals surface area contributed by atoms with E-state index in [1.807, 2.05) is 30.3 Å². The van der Waals surface area contributed by atoms with Gasteiger partial charge >= 0.3 is 0 Å². The number of halogens is 1. The van der Waals surface area contributed by atoms with Crippen molar-refractivity contribution in [1.82, 2.24) is 18.6 Å². The number of rotatable bonds is 6. The minimum Gasteiger partial charge on any atom is -0.341 e. The highest BCUT2D eigenvalue weighted by molar-refractivity contribution is 7.86. The van der Waals surface area contributed by atoms with E-state index < -0.39 is 10.2 Å².